The van der Waals surface area contributed by atoms with Gasteiger partial charge < -0.3 is 10.8 Å². The standard InChI is InChI=1S/C6H8FN3O2/c7-6-9-2-3(10-6)1-4(8)5(11)12/h2,4H,1,8H2,(H,9,10)(H,11,12)/p+1/t4-/m0/s1. The molecule has 0 fully saturated rings. The van der Waals surface area contributed by atoms with E-state index in [1.165, 1.54) is 6.20 Å². The highest BCUT2D eigenvalue weighted by Gasteiger charge is 2.16. The van der Waals surface area contributed by atoms with Gasteiger partial charge in [0.1, 0.15) is 17.9 Å². The van der Waals surface area contributed by atoms with E-state index in [1.54, 1.807) is 0 Å². The first-order valence-corrected chi connectivity index (χ1v) is 3.33. The molecule has 66 valence electrons. The fourth-order valence-corrected chi connectivity index (χ4v) is 0.798. The van der Waals surface area contributed by atoms with Crippen LogP contribution in [0.4, 0.5) is 4.39 Å². The zero-order chi connectivity index (χ0) is 9.14. The summed E-state index contributed by atoms with van der Waals surface area (Å²) in [5.41, 5.74) is 5.63. The molecule has 0 saturated heterocycles. The van der Waals surface area contributed by atoms with Crippen LogP contribution in [0.5, 0.6) is 0 Å². The SMILES string of the molecule is N[C@@H](Cc1c[nH+]c(F)[nH]1)C(=O)O. The highest BCUT2D eigenvalue weighted by atomic mass is 19.1. The van der Waals surface area contributed by atoms with Crippen LogP contribution in [-0.4, -0.2) is 22.1 Å². The van der Waals surface area contributed by atoms with Crippen molar-refractivity contribution in [1.29, 1.82) is 0 Å². The number of carboxylic acid groups (broad SMARTS) is 1. The van der Waals surface area contributed by atoms with E-state index in [0.29, 0.717) is 5.69 Å². The van der Waals surface area contributed by atoms with E-state index in [2.05, 4.69) is 9.97 Å². The maximum Gasteiger partial charge on any atom is 0.441 e. The minimum absolute atomic E-state index is 0.0791. The van der Waals surface area contributed by atoms with Crippen molar-refractivity contribution in [3.8, 4) is 0 Å². The fraction of sp³-hybridized carbons (Fsp3) is 0.333. The first-order chi connectivity index (χ1) is 5.59. The van der Waals surface area contributed by atoms with Crippen molar-refractivity contribution in [2.45, 2.75) is 12.5 Å². The van der Waals surface area contributed by atoms with E-state index in [9.17, 15) is 9.18 Å². The molecule has 12 heavy (non-hydrogen) atoms. The number of carbonyl (C=O) groups is 1. The highest BCUT2D eigenvalue weighted by Crippen LogP contribution is 1.95. The molecule has 0 radical (unpaired) electrons. The Morgan fingerprint density at radius 3 is 3.00 bits per heavy atom. The Labute approximate surface area is 67.4 Å². The molecule has 1 aromatic heterocycles. The van der Waals surface area contributed by atoms with Crippen molar-refractivity contribution in [1.82, 2.24) is 4.98 Å². The number of aliphatic carboxylic acids is 1. The van der Waals surface area contributed by atoms with Crippen LogP contribution >= 0.6 is 0 Å². The summed E-state index contributed by atoms with van der Waals surface area (Å²) >= 11 is 0. The molecule has 1 rings (SSSR count). The van der Waals surface area contributed by atoms with Crippen molar-refractivity contribution >= 4 is 5.97 Å². The molecule has 0 unspecified atom stereocenters. The number of hydrogen-bond acceptors (Lipinski definition) is 2. The molecule has 0 aliphatic rings. The van der Waals surface area contributed by atoms with E-state index in [1.807, 2.05) is 0 Å². The minimum atomic E-state index is -1.11. The Kier molecular flexibility index (Phi) is 2.39. The molecule has 5 N–H and O–H groups in total. The maximum absolute atomic E-state index is 12.3. The van der Waals surface area contributed by atoms with Gasteiger partial charge in [-0.05, 0) is 0 Å². The molecule has 1 heterocycles. The van der Waals surface area contributed by atoms with E-state index >= 15 is 0 Å². The number of rotatable bonds is 3. The monoisotopic (exact) mass is 174 g/mol. The van der Waals surface area contributed by atoms with Crippen LogP contribution in [0.15, 0.2) is 6.20 Å². The Morgan fingerprint density at radius 2 is 2.58 bits per heavy atom. The molecule has 6 heteroatoms. The van der Waals surface area contributed by atoms with Gasteiger partial charge in [-0.1, -0.05) is 0 Å². The number of imidazole rings is 1. The molecule has 0 spiro atoms. The highest BCUT2D eigenvalue weighted by molar-refractivity contribution is 5.73. The van der Waals surface area contributed by atoms with Gasteiger partial charge in [0.05, 0.1) is 0 Å². The van der Waals surface area contributed by atoms with Gasteiger partial charge in [-0.25, -0.2) is 9.97 Å². The van der Waals surface area contributed by atoms with Crippen LogP contribution < -0.4 is 10.7 Å². The van der Waals surface area contributed by atoms with Crippen LogP contribution in [0.3, 0.4) is 0 Å². The van der Waals surface area contributed by atoms with Gasteiger partial charge in [-0.2, -0.15) is 0 Å². The quantitative estimate of drug-likeness (QED) is 0.544. The molecule has 1 aromatic rings. The summed E-state index contributed by atoms with van der Waals surface area (Å²) in [6.45, 7) is 0. The fourth-order valence-electron chi connectivity index (χ4n) is 0.798. The van der Waals surface area contributed by atoms with Gasteiger partial charge in [0, 0.05) is 6.42 Å². The molecule has 0 bridgehead atoms. The largest absolute Gasteiger partial charge is 0.480 e. The molecule has 0 aliphatic carbocycles. The third-order valence-corrected chi connectivity index (χ3v) is 1.40. The van der Waals surface area contributed by atoms with Crippen molar-refractivity contribution in [3.05, 3.63) is 18.0 Å². The summed E-state index contributed by atoms with van der Waals surface area (Å²) in [6.07, 6.45) is 0.816. The maximum atomic E-state index is 12.3. The van der Waals surface area contributed by atoms with Gasteiger partial charge in [-0.3, -0.25) is 4.79 Å². The minimum Gasteiger partial charge on any atom is -0.480 e. The van der Waals surface area contributed by atoms with Gasteiger partial charge in [0.2, 0.25) is 0 Å². The first-order valence-electron chi connectivity index (χ1n) is 3.33. The normalized spacial score (nSPS) is 12.8. The molecular formula is C6H9FN3O2+. The van der Waals surface area contributed by atoms with E-state index in [0.717, 1.165) is 0 Å². The summed E-state index contributed by atoms with van der Waals surface area (Å²) in [7, 11) is 0. The number of hydrogen-bond donors (Lipinski definition) is 3. The third kappa shape index (κ3) is 2.03. The second-order valence-corrected chi connectivity index (χ2v) is 2.40. The van der Waals surface area contributed by atoms with Gasteiger partial charge in [0.15, 0.2) is 0 Å². The van der Waals surface area contributed by atoms with Crippen LogP contribution in [-0.2, 0) is 11.2 Å². The molecule has 1 atom stereocenters. The number of aromatic amines is 2. The average Bonchev–Trinajstić information content (AvgIpc) is 2.35. The second kappa shape index (κ2) is 3.31. The summed E-state index contributed by atoms with van der Waals surface area (Å²) in [5.74, 6) is -1.11. The predicted molar refractivity (Wildman–Crippen MR) is 36.6 cm³/mol. The number of nitrogens with two attached hydrogens (primary N) is 1. The Morgan fingerprint density at radius 1 is 1.92 bits per heavy atom. The van der Waals surface area contributed by atoms with E-state index < -0.39 is 18.1 Å². The number of H-pyrrole nitrogens is 2. The summed E-state index contributed by atoms with van der Waals surface area (Å²) in [4.78, 5) is 14.8. The van der Waals surface area contributed by atoms with Gasteiger partial charge >= 0.3 is 12.0 Å². The van der Waals surface area contributed by atoms with E-state index in [-0.39, 0.29) is 6.42 Å². The number of nitrogens with one attached hydrogen (secondary N) is 2. The average molecular weight is 174 g/mol. The van der Waals surface area contributed by atoms with Crippen LogP contribution in [0.2, 0.25) is 0 Å². The van der Waals surface area contributed by atoms with Gasteiger partial charge in [-0.15, -0.1) is 4.39 Å². The van der Waals surface area contributed by atoms with Crippen molar-refractivity contribution in [2.75, 3.05) is 0 Å². The van der Waals surface area contributed by atoms with Crippen LogP contribution in [0, 0.1) is 6.08 Å². The zero-order valence-electron chi connectivity index (χ0n) is 6.17. The number of aromatic nitrogens is 2. The van der Waals surface area contributed by atoms with E-state index in [4.69, 9.17) is 10.8 Å². The number of halogens is 1. The smallest absolute Gasteiger partial charge is 0.441 e. The number of carboxylic acids is 1. The second-order valence-electron chi connectivity index (χ2n) is 2.40. The Balaban J connectivity index is 2.58. The molecule has 0 aromatic carbocycles. The van der Waals surface area contributed by atoms with Crippen LogP contribution in [0.1, 0.15) is 5.69 Å². The lowest BCUT2D eigenvalue weighted by Gasteiger charge is -1.99. The Bertz CT molecular complexity index is 286. The van der Waals surface area contributed by atoms with Crippen LogP contribution in [0.25, 0.3) is 0 Å². The van der Waals surface area contributed by atoms with Crippen molar-refractivity contribution < 1.29 is 19.3 Å². The molecule has 5 nitrogen and oxygen atoms in total. The molecular weight excluding hydrogens is 165 g/mol. The first kappa shape index (κ1) is 8.66. The van der Waals surface area contributed by atoms with Gasteiger partial charge in [0.25, 0.3) is 0 Å². The van der Waals surface area contributed by atoms with Crippen molar-refractivity contribution in [2.24, 2.45) is 5.73 Å². The lowest BCUT2D eigenvalue weighted by atomic mass is 10.2. The summed E-state index contributed by atoms with van der Waals surface area (Å²) in [5, 5.41) is 8.41. The third-order valence-electron chi connectivity index (χ3n) is 1.40. The molecule has 0 amide bonds. The Hall–Kier alpha value is -1.43. The lowest BCUT2D eigenvalue weighted by Crippen LogP contribution is -2.32. The summed E-state index contributed by atoms with van der Waals surface area (Å²) < 4.78 is 12.3. The molecule has 0 aliphatic heterocycles. The lowest BCUT2D eigenvalue weighted by molar-refractivity contribution is -0.420. The summed E-state index contributed by atoms with van der Waals surface area (Å²) in [6, 6.07) is -1.00. The zero-order valence-corrected chi connectivity index (χ0v) is 6.17. The molecule has 0 saturated carbocycles. The topological polar surface area (TPSA) is 93.2 Å². The van der Waals surface area contributed by atoms with Crippen molar-refractivity contribution in [3.63, 3.8) is 0 Å². The predicted octanol–water partition coefficient (Wildman–Crippen LogP) is -1.08.